The number of H-pyrrole nitrogens is 1. The van der Waals surface area contributed by atoms with Crippen LogP contribution in [0, 0.1) is 6.92 Å². The van der Waals surface area contributed by atoms with Gasteiger partial charge in [0.1, 0.15) is 0 Å². The van der Waals surface area contributed by atoms with Crippen molar-refractivity contribution in [1.29, 1.82) is 0 Å². The van der Waals surface area contributed by atoms with Crippen molar-refractivity contribution in [3.8, 4) is 11.3 Å². The van der Waals surface area contributed by atoms with E-state index >= 15 is 0 Å². The fraction of sp³-hybridized carbons (Fsp3) is 0.250. The van der Waals surface area contributed by atoms with Gasteiger partial charge in [-0.1, -0.05) is 41.4 Å². The Hall–Kier alpha value is -2.38. The van der Waals surface area contributed by atoms with Crippen molar-refractivity contribution in [3.63, 3.8) is 0 Å². The zero-order valence-electron chi connectivity index (χ0n) is 17.5. The predicted octanol–water partition coefficient (Wildman–Crippen LogP) is 6.28. The van der Waals surface area contributed by atoms with Crippen molar-refractivity contribution >= 4 is 51.7 Å². The number of nitrogens with one attached hydrogen (secondary N) is 1. The third-order valence-electron chi connectivity index (χ3n) is 5.59. The predicted molar refractivity (Wildman–Crippen MR) is 133 cm³/mol. The lowest BCUT2D eigenvalue weighted by atomic mass is 10.1. The summed E-state index contributed by atoms with van der Waals surface area (Å²) in [4.78, 5) is 9.06. The second kappa shape index (κ2) is 9.24. The van der Waals surface area contributed by atoms with E-state index in [0.717, 1.165) is 57.7 Å². The van der Waals surface area contributed by atoms with Gasteiger partial charge >= 0.3 is 0 Å². The van der Waals surface area contributed by atoms with Gasteiger partial charge in [-0.25, -0.2) is 4.68 Å². The molecule has 1 N–H and O–H groups in total. The first-order chi connectivity index (χ1) is 15.6. The van der Waals surface area contributed by atoms with Gasteiger partial charge in [-0.3, -0.25) is 4.99 Å². The molecule has 4 aromatic rings. The first-order valence-corrected chi connectivity index (χ1v) is 12.1. The Bertz CT molecular complexity index is 1360. The zero-order valence-corrected chi connectivity index (χ0v) is 19.8. The topological polar surface area (TPSA) is 54.7 Å². The zero-order chi connectivity index (χ0) is 22.1. The summed E-state index contributed by atoms with van der Waals surface area (Å²) in [5, 5.41) is 9.20. The van der Waals surface area contributed by atoms with Gasteiger partial charge < -0.3 is 9.72 Å². The quantitative estimate of drug-likeness (QED) is 0.333. The monoisotopic (exact) mass is 484 g/mol. The third-order valence-corrected chi connectivity index (χ3v) is 6.99. The normalized spacial score (nSPS) is 17.2. The number of hydrogen-bond donors (Lipinski definition) is 1. The van der Waals surface area contributed by atoms with E-state index in [1.807, 2.05) is 40.5 Å². The van der Waals surface area contributed by atoms with E-state index in [9.17, 15) is 0 Å². The van der Waals surface area contributed by atoms with Crippen molar-refractivity contribution in [2.24, 2.45) is 10.1 Å². The van der Waals surface area contributed by atoms with Crippen LogP contribution in [0.4, 0.5) is 0 Å². The van der Waals surface area contributed by atoms with E-state index in [0.29, 0.717) is 16.6 Å². The van der Waals surface area contributed by atoms with Crippen LogP contribution >= 0.6 is 34.5 Å². The van der Waals surface area contributed by atoms with E-state index in [2.05, 4.69) is 24.0 Å². The summed E-state index contributed by atoms with van der Waals surface area (Å²) in [5.41, 5.74) is 4.94. The van der Waals surface area contributed by atoms with E-state index < -0.39 is 0 Å². The first-order valence-electron chi connectivity index (χ1n) is 10.5. The van der Waals surface area contributed by atoms with Gasteiger partial charge in [0.15, 0.2) is 0 Å². The first kappa shape index (κ1) is 21.5. The Morgan fingerprint density at radius 2 is 2.12 bits per heavy atom. The Morgan fingerprint density at radius 3 is 2.94 bits per heavy atom. The summed E-state index contributed by atoms with van der Waals surface area (Å²) >= 11 is 14.2. The molecule has 5 nitrogen and oxygen atoms in total. The minimum atomic E-state index is 0.174. The van der Waals surface area contributed by atoms with Crippen LogP contribution in [0.3, 0.4) is 0 Å². The van der Waals surface area contributed by atoms with Crippen LogP contribution in [-0.4, -0.2) is 35.1 Å². The molecule has 1 atom stereocenters. The SMILES string of the molecule is Cc1[nH]c2ccccc2c1/C=N/n1c(-c2ccc(Cl)cc2Cl)csc1=NCC1CCCO1. The highest BCUT2D eigenvalue weighted by molar-refractivity contribution is 7.07. The highest BCUT2D eigenvalue weighted by Crippen LogP contribution is 2.31. The number of aromatic amines is 1. The van der Waals surface area contributed by atoms with Crippen LogP contribution in [0.1, 0.15) is 24.1 Å². The number of benzene rings is 2. The number of thiazole rings is 1. The molecule has 5 rings (SSSR count). The van der Waals surface area contributed by atoms with Crippen molar-refractivity contribution in [2.45, 2.75) is 25.9 Å². The number of halogens is 2. The van der Waals surface area contributed by atoms with E-state index in [1.54, 1.807) is 6.07 Å². The smallest absolute Gasteiger partial charge is 0.206 e. The fourth-order valence-electron chi connectivity index (χ4n) is 3.95. The Morgan fingerprint density at radius 1 is 1.25 bits per heavy atom. The molecular formula is C24H22Cl2N4OS. The fourth-order valence-corrected chi connectivity index (χ4v) is 5.29. The number of rotatable bonds is 5. The minimum Gasteiger partial charge on any atom is -0.376 e. The molecule has 0 saturated carbocycles. The van der Waals surface area contributed by atoms with Crippen LogP contribution in [0.2, 0.25) is 10.0 Å². The summed E-state index contributed by atoms with van der Waals surface area (Å²) in [6.45, 7) is 3.49. The summed E-state index contributed by atoms with van der Waals surface area (Å²) < 4.78 is 7.60. The molecule has 32 heavy (non-hydrogen) atoms. The Balaban J connectivity index is 1.60. The van der Waals surface area contributed by atoms with Gasteiger partial charge in [0.2, 0.25) is 4.80 Å². The number of nitrogens with zero attached hydrogens (tertiary/aromatic N) is 3. The van der Waals surface area contributed by atoms with E-state index in [4.69, 9.17) is 38.0 Å². The van der Waals surface area contributed by atoms with Crippen LogP contribution in [0.5, 0.6) is 0 Å². The standard InChI is InChI=1S/C24H22Cl2N4OS/c1-15-20(18-6-2-3-7-22(18)29-15)13-28-30-23(19-9-8-16(25)11-21(19)26)14-32-24(30)27-12-17-5-4-10-31-17/h2-3,6-9,11,13-14,17,29H,4-5,10,12H2,1H3/b27-24?,28-13+. The molecule has 0 spiro atoms. The summed E-state index contributed by atoms with van der Waals surface area (Å²) in [6, 6.07) is 13.7. The van der Waals surface area contributed by atoms with Crippen molar-refractivity contribution in [2.75, 3.05) is 13.2 Å². The largest absolute Gasteiger partial charge is 0.376 e. The summed E-state index contributed by atoms with van der Waals surface area (Å²) in [6.07, 6.45) is 4.20. The molecule has 8 heteroatoms. The molecular weight excluding hydrogens is 463 g/mol. The van der Waals surface area contributed by atoms with Crippen LogP contribution in [0.25, 0.3) is 22.2 Å². The highest BCUT2D eigenvalue weighted by atomic mass is 35.5. The molecule has 0 bridgehead atoms. The number of ether oxygens (including phenoxy) is 1. The Labute approximate surface area is 200 Å². The van der Waals surface area contributed by atoms with Gasteiger partial charge in [0.05, 0.1) is 29.6 Å². The molecule has 2 aromatic carbocycles. The van der Waals surface area contributed by atoms with Crippen LogP contribution < -0.4 is 4.80 Å². The van der Waals surface area contributed by atoms with E-state index in [1.165, 1.54) is 11.3 Å². The summed E-state index contributed by atoms with van der Waals surface area (Å²) in [5.74, 6) is 0. The van der Waals surface area contributed by atoms with Gasteiger partial charge in [-0.2, -0.15) is 5.10 Å². The average molecular weight is 485 g/mol. The van der Waals surface area contributed by atoms with Crippen molar-refractivity contribution in [3.05, 3.63) is 73.9 Å². The molecule has 0 aliphatic carbocycles. The lowest BCUT2D eigenvalue weighted by molar-refractivity contribution is 0.117. The maximum atomic E-state index is 6.53. The molecule has 1 unspecified atom stereocenters. The lowest BCUT2D eigenvalue weighted by Gasteiger charge is -2.07. The number of hydrogen-bond acceptors (Lipinski definition) is 4. The molecule has 2 aromatic heterocycles. The van der Waals surface area contributed by atoms with Gasteiger partial charge in [0, 0.05) is 44.7 Å². The molecule has 1 aliphatic heterocycles. The average Bonchev–Trinajstić information content (AvgIpc) is 3.50. The molecule has 3 heterocycles. The molecule has 1 fully saturated rings. The minimum absolute atomic E-state index is 0.174. The van der Waals surface area contributed by atoms with Gasteiger partial charge in [-0.05, 0) is 44.0 Å². The molecule has 1 aliphatic rings. The maximum Gasteiger partial charge on any atom is 0.206 e. The molecule has 1 saturated heterocycles. The van der Waals surface area contributed by atoms with Crippen molar-refractivity contribution < 1.29 is 4.74 Å². The third kappa shape index (κ3) is 4.28. The number of para-hydroxylation sites is 1. The molecule has 0 radical (unpaired) electrons. The van der Waals surface area contributed by atoms with Gasteiger partial charge in [0.25, 0.3) is 0 Å². The van der Waals surface area contributed by atoms with Gasteiger partial charge in [-0.15, -0.1) is 11.3 Å². The van der Waals surface area contributed by atoms with Crippen LogP contribution in [-0.2, 0) is 4.74 Å². The number of aryl methyl sites for hydroxylation is 1. The van der Waals surface area contributed by atoms with Crippen LogP contribution in [0.15, 0.2) is 57.9 Å². The lowest BCUT2D eigenvalue weighted by Crippen LogP contribution is -2.17. The maximum absolute atomic E-state index is 6.53. The Kier molecular flexibility index (Phi) is 6.20. The molecule has 164 valence electrons. The second-order valence-electron chi connectivity index (χ2n) is 7.77. The number of fused-ring (bicyclic) bond motifs is 1. The van der Waals surface area contributed by atoms with Crippen molar-refractivity contribution in [1.82, 2.24) is 9.66 Å². The second-order valence-corrected chi connectivity index (χ2v) is 9.45. The highest BCUT2D eigenvalue weighted by Gasteiger charge is 2.16. The summed E-state index contributed by atoms with van der Waals surface area (Å²) in [7, 11) is 0. The number of aromatic nitrogens is 2. The van der Waals surface area contributed by atoms with E-state index in [-0.39, 0.29) is 6.10 Å². The molecule has 0 amide bonds.